The number of thiazole rings is 1. The zero-order chi connectivity index (χ0) is 32.6. The number of hydrogen-bond donors (Lipinski definition) is 2. The Bertz CT molecular complexity index is 1330. The molecule has 1 aromatic carbocycles. The molecule has 2 aromatic rings. The van der Waals surface area contributed by atoms with Gasteiger partial charge in [-0.1, -0.05) is 58.4 Å². The van der Waals surface area contributed by atoms with Crippen LogP contribution in [0.2, 0.25) is 0 Å². The second-order valence-electron chi connectivity index (χ2n) is 11.7. The maximum Gasteiger partial charge on any atom is 0.313 e. The summed E-state index contributed by atoms with van der Waals surface area (Å²) in [5, 5.41) is 7.71. The Kier molecular flexibility index (Phi) is 12.4. The van der Waals surface area contributed by atoms with E-state index in [1.807, 2.05) is 52.0 Å². The van der Waals surface area contributed by atoms with Gasteiger partial charge in [0.25, 0.3) is 5.91 Å². The summed E-state index contributed by atoms with van der Waals surface area (Å²) in [6.45, 7) is 9.10. The maximum absolute atomic E-state index is 13.5. The summed E-state index contributed by atoms with van der Waals surface area (Å²) in [5.41, 5.74) is 2.06. The molecule has 1 aliphatic carbocycles. The summed E-state index contributed by atoms with van der Waals surface area (Å²) >= 11 is 1.20. The van der Waals surface area contributed by atoms with Crippen molar-refractivity contribution < 1.29 is 33.4 Å². The van der Waals surface area contributed by atoms with Crippen LogP contribution in [-0.4, -0.2) is 72.3 Å². The molecule has 2 N–H and O–H groups in total. The van der Waals surface area contributed by atoms with Gasteiger partial charge in [0.15, 0.2) is 6.10 Å². The lowest BCUT2D eigenvalue weighted by Gasteiger charge is -2.36. The highest BCUT2D eigenvalue weighted by molar-refractivity contribution is 7.09. The third kappa shape index (κ3) is 8.43. The van der Waals surface area contributed by atoms with Gasteiger partial charge in [-0.25, -0.2) is 4.98 Å². The number of amides is 3. The Balaban J connectivity index is 1.79. The van der Waals surface area contributed by atoms with Crippen LogP contribution in [0, 0.1) is 11.8 Å². The van der Waals surface area contributed by atoms with Crippen LogP contribution >= 0.6 is 11.3 Å². The van der Waals surface area contributed by atoms with Crippen molar-refractivity contribution in [3.63, 3.8) is 0 Å². The number of methoxy groups -OCH3 is 1. The van der Waals surface area contributed by atoms with E-state index in [4.69, 9.17) is 9.47 Å². The van der Waals surface area contributed by atoms with Gasteiger partial charge in [0.1, 0.15) is 16.7 Å². The molecule has 0 aliphatic heterocycles. The van der Waals surface area contributed by atoms with Crippen LogP contribution in [0.25, 0.3) is 0 Å². The fourth-order valence-corrected chi connectivity index (χ4v) is 6.60. The summed E-state index contributed by atoms with van der Waals surface area (Å²) in [6, 6.07) is 6.30. The molecule has 3 rings (SSSR count). The highest BCUT2D eigenvalue weighted by Gasteiger charge is 2.36. The predicted molar refractivity (Wildman–Crippen MR) is 166 cm³/mol. The molecular formula is C32H44N4O7S. The molecule has 0 saturated carbocycles. The van der Waals surface area contributed by atoms with E-state index in [2.05, 4.69) is 15.6 Å². The molecule has 11 nitrogen and oxygen atoms in total. The summed E-state index contributed by atoms with van der Waals surface area (Å²) in [5.74, 6) is -2.07. The Hall–Kier alpha value is -3.80. The van der Waals surface area contributed by atoms with Crippen molar-refractivity contribution in [2.24, 2.45) is 11.8 Å². The van der Waals surface area contributed by atoms with Crippen LogP contribution in [0.4, 0.5) is 0 Å². The first-order chi connectivity index (χ1) is 20.9. The molecule has 240 valence electrons. The Labute approximate surface area is 263 Å². The molecule has 3 amide bonds. The SMILES string of the molecule is CCC(C)[C@H](NC=O)C(=O)N(C)C(CC(OC(C)=O)c1nc(C(=O)NC2Cc3ccccc3[C@H](C(=O)OC)C2)cs1)C(C)C. The Morgan fingerprint density at radius 2 is 1.89 bits per heavy atom. The number of nitrogens with one attached hydrogen (secondary N) is 2. The maximum atomic E-state index is 13.5. The molecule has 6 atom stereocenters. The van der Waals surface area contributed by atoms with E-state index in [9.17, 15) is 24.0 Å². The van der Waals surface area contributed by atoms with E-state index >= 15 is 0 Å². The summed E-state index contributed by atoms with van der Waals surface area (Å²) in [4.78, 5) is 68.8. The first kappa shape index (κ1) is 34.7. The third-order valence-electron chi connectivity index (χ3n) is 8.37. The Morgan fingerprint density at radius 1 is 1.18 bits per heavy atom. The third-order valence-corrected chi connectivity index (χ3v) is 9.31. The van der Waals surface area contributed by atoms with E-state index < -0.39 is 29.9 Å². The van der Waals surface area contributed by atoms with Crippen molar-refractivity contribution in [1.29, 1.82) is 0 Å². The average Bonchev–Trinajstić information content (AvgIpc) is 3.50. The average molecular weight is 629 g/mol. The first-order valence-electron chi connectivity index (χ1n) is 15.0. The number of carbonyl (C=O) groups excluding carboxylic acids is 5. The van der Waals surface area contributed by atoms with Crippen molar-refractivity contribution in [3.8, 4) is 0 Å². The fraction of sp³-hybridized carbons (Fsp3) is 0.562. The van der Waals surface area contributed by atoms with E-state index in [-0.39, 0.29) is 47.9 Å². The largest absolute Gasteiger partial charge is 0.469 e. The van der Waals surface area contributed by atoms with Gasteiger partial charge in [0.05, 0.1) is 13.0 Å². The second-order valence-corrected chi connectivity index (χ2v) is 12.6. The smallest absolute Gasteiger partial charge is 0.313 e. The molecule has 0 saturated heterocycles. The van der Waals surface area contributed by atoms with Crippen LogP contribution in [-0.2, 0) is 35.1 Å². The lowest BCUT2D eigenvalue weighted by atomic mass is 9.80. The molecule has 1 heterocycles. The topological polar surface area (TPSA) is 144 Å². The summed E-state index contributed by atoms with van der Waals surface area (Å²) in [7, 11) is 3.04. The monoisotopic (exact) mass is 628 g/mol. The van der Waals surface area contributed by atoms with E-state index in [0.717, 1.165) is 11.1 Å². The quantitative estimate of drug-likeness (QED) is 0.238. The van der Waals surface area contributed by atoms with Gasteiger partial charge in [-0.2, -0.15) is 0 Å². The molecule has 1 aliphatic rings. The predicted octanol–water partition coefficient (Wildman–Crippen LogP) is 3.78. The van der Waals surface area contributed by atoms with Crippen molar-refractivity contribution in [3.05, 3.63) is 51.5 Å². The van der Waals surface area contributed by atoms with Gasteiger partial charge < -0.3 is 25.0 Å². The van der Waals surface area contributed by atoms with E-state index in [1.165, 1.54) is 25.4 Å². The summed E-state index contributed by atoms with van der Waals surface area (Å²) in [6.07, 6.45) is 1.66. The van der Waals surface area contributed by atoms with Gasteiger partial charge >= 0.3 is 11.9 Å². The number of fused-ring (bicyclic) bond motifs is 1. The number of hydrogen-bond acceptors (Lipinski definition) is 9. The number of carbonyl (C=O) groups is 5. The van der Waals surface area contributed by atoms with Crippen LogP contribution in [0.15, 0.2) is 29.6 Å². The fourth-order valence-electron chi connectivity index (χ4n) is 5.76. The summed E-state index contributed by atoms with van der Waals surface area (Å²) < 4.78 is 10.7. The van der Waals surface area contributed by atoms with Gasteiger partial charge in [-0.15, -0.1) is 11.3 Å². The number of nitrogens with zero attached hydrogens (tertiary/aromatic N) is 2. The van der Waals surface area contributed by atoms with Crippen molar-refractivity contribution in [2.45, 2.75) is 90.4 Å². The molecule has 0 fully saturated rings. The number of aromatic nitrogens is 1. The molecule has 44 heavy (non-hydrogen) atoms. The van der Waals surface area contributed by atoms with E-state index in [1.54, 1.807) is 17.3 Å². The van der Waals surface area contributed by atoms with Crippen molar-refractivity contribution >= 4 is 41.5 Å². The standard InChI is InChI=1S/C32H44N4O7S/c1-8-19(4)28(33-17-37)31(40)36(6)26(18(2)3)15-27(43-20(5)38)30-35-25(16-44-30)29(39)34-22-13-21-11-9-10-12-23(21)24(14-22)32(41)42-7/h9-12,16-19,22,24,26-28H,8,13-15H2,1-7H3,(H,33,37)(H,34,39)/t19?,22?,24-,26?,27?,28+/m1/s1. The molecule has 0 radical (unpaired) electrons. The highest BCUT2D eigenvalue weighted by atomic mass is 32.1. The van der Waals surface area contributed by atoms with Crippen LogP contribution in [0.1, 0.15) is 92.5 Å². The Morgan fingerprint density at radius 3 is 2.50 bits per heavy atom. The number of esters is 2. The number of benzene rings is 1. The first-order valence-corrected chi connectivity index (χ1v) is 15.8. The number of ether oxygens (including phenoxy) is 2. The second kappa shape index (κ2) is 15.8. The van der Waals surface area contributed by atoms with Gasteiger partial charge in [-0.05, 0) is 35.8 Å². The normalized spacial score (nSPS) is 18.6. The van der Waals surface area contributed by atoms with Crippen LogP contribution in [0.3, 0.4) is 0 Å². The molecule has 0 spiro atoms. The number of rotatable bonds is 14. The molecular weight excluding hydrogens is 584 g/mol. The van der Waals surface area contributed by atoms with E-state index in [0.29, 0.717) is 30.7 Å². The minimum atomic E-state index is -0.798. The molecule has 1 aromatic heterocycles. The van der Waals surface area contributed by atoms with Crippen LogP contribution in [0.5, 0.6) is 0 Å². The van der Waals surface area contributed by atoms with Crippen LogP contribution < -0.4 is 10.6 Å². The molecule has 12 heteroatoms. The molecule has 4 unspecified atom stereocenters. The van der Waals surface area contributed by atoms with Crippen molar-refractivity contribution in [1.82, 2.24) is 20.5 Å². The highest BCUT2D eigenvalue weighted by Crippen LogP contribution is 2.34. The zero-order valence-electron chi connectivity index (χ0n) is 26.5. The lowest BCUT2D eigenvalue weighted by molar-refractivity contribution is -0.149. The molecule has 0 bridgehead atoms. The van der Waals surface area contributed by atoms with Crippen molar-refractivity contribution in [2.75, 3.05) is 14.2 Å². The number of likely N-dealkylation sites (N-methyl/N-ethyl adjacent to an activating group) is 1. The van der Waals surface area contributed by atoms with Gasteiger partial charge in [0.2, 0.25) is 12.3 Å². The lowest BCUT2D eigenvalue weighted by Crippen LogP contribution is -2.52. The minimum absolute atomic E-state index is 0.0181. The zero-order valence-corrected chi connectivity index (χ0v) is 27.3. The van der Waals surface area contributed by atoms with Gasteiger partial charge in [-0.3, -0.25) is 24.0 Å². The van der Waals surface area contributed by atoms with Gasteiger partial charge in [0, 0.05) is 37.9 Å². The minimum Gasteiger partial charge on any atom is -0.469 e.